The molecule has 2 aromatic heterocycles. The van der Waals surface area contributed by atoms with E-state index in [1.165, 1.54) is 119 Å². The number of hydrogen-bond acceptors (Lipinski definition) is 3. The number of anilines is 3. The summed E-state index contributed by atoms with van der Waals surface area (Å²) in [5.74, 6) is 0. The van der Waals surface area contributed by atoms with Gasteiger partial charge in [-0.15, -0.1) is 11.3 Å². The summed E-state index contributed by atoms with van der Waals surface area (Å²) < 4.78 is 4.09. The van der Waals surface area contributed by atoms with Crippen LogP contribution >= 0.6 is 23.1 Å². The molecule has 286 valence electrons. The summed E-state index contributed by atoms with van der Waals surface area (Å²) >= 11 is 3.89. The quantitative estimate of drug-likeness (QED) is 0.161. The Hall–Kier alpha value is -6.01. The van der Waals surface area contributed by atoms with Crippen LogP contribution in [0, 0.1) is 0 Å². The number of rotatable bonds is 2. The molecule has 13 rings (SSSR count). The molecule has 0 saturated carbocycles. The number of benzene rings is 8. The van der Waals surface area contributed by atoms with Crippen molar-refractivity contribution in [3.05, 3.63) is 174 Å². The first-order valence-corrected chi connectivity index (χ1v) is 22.8. The van der Waals surface area contributed by atoms with Crippen molar-refractivity contribution in [3.8, 4) is 22.3 Å². The molecule has 0 aliphatic carbocycles. The van der Waals surface area contributed by atoms with Gasteiger partial charge in [0.2, 0.25) is 0 Å². The standard InChI is InChI=1S/C55H41BN2S2/c1-54(2,3)34-26-27-43(39(29-34)32-16-7-6-8-17-32)57-44-30-41-48(59-47-25-14-12-23-40(47)55(41,4)5)31-42(44)56-51-45(57)28-33-18-9-10-19-35(33)49(51)37-21-15-22-38-50-36-20-11-13-24-46(36)60-53(50)58(56)52(37)38/h6-31H,1-5H3. The lowest BCUT2D eigenvalue weighted by Gasteiger charge is -2.43. The number of fused-ring (bicyclic) bond motifs is 13. The molecule has 5 heteroatoms. The molecule has 0 bridgehead atoms. The zero-order valence-corrected chi connectivity index (χ0v) is 35.9. The molecule has 3 aliphatic rings. The highest BCUT2D eigenvalue weighted by molar-refractivity contribution is 7.99. The normalized spacial score (nSPS) is 14.8. The molecule has 10 aromatic rings. The number of nitrogens with zero attached hydrogens (tertiary/aromatic N) is 2. The average Bonchev–Trinajstić information content (AvgIpc) is 3.80. The third-order valence-electron chi connectivity index (χ3n) is 13.8. The first kappa shape index (κ1) is 34.8. The minimum Gasteiger partial charge on any atom is -0.367 e. The zero-order chi connectivity index (χ0) is 40.2. The van der Waals surface area contributed by atoms with Crippen LogP contribution in [-0.2, 0) is 10.8 Å². The van der Waals surface area contributed by atoms with Crippen LogP contribution in [0.4, 0.5) is 17.1 Å². The van der Waals surface area contributed by atoms with E-state index in [1.807, 2.05) is 23.1 Å². The van der Waals surface area contributed by atoms with E-state index in [4.69, 9.17) is 0 Å². The first-order valence-electron chi connectivity index (χ1n) is 21.1. The average molecular weight is 805 g/mol. The zero-order valence-electron chi connectivity index (χ0n) is 34.3. The van der Waals surface area contributed by atoms with E-state index in [0.29, 0.717) is 0 Å². The first-order chi connectivity index (χ1) is 29.2. The Labute approximate surface area is 359 Å². The van der Waals surface area contributed by atoms with Crippen molar-refractivity contribution in [3.63, 3.8) is 0 Å². The maximum Gasteiger partial charge on any atom is 0.333 e. The lowest BCUT2D eigenvalue weighted by atomic mass is 9.44. The maximum absolute atomic E-state index is 2.75. The van der Waals surface area contributed by atoms with E-state index in [2.05, 4.69) is 202 Å². The van der Waals surface area contributed by atoms with Gasteiger partial charge in [0, 0.05) is 64.1 Å². The van der Waals surface area contributed by atoms with Gasteiger partial charge in [0.05, 0.1) is 10.5 Å². The molecule has 8 aromatic carbocycles. The maximum atomic E-state index is 2.75. The van der Waals surface area contributed by atoms with Gasteiger partial charge in [-0.05, 0) is 97.4 Å². The summed E-state index contributed by atoms with van der Waals surface area (Å²) in [6.07, 6.45) is 0. The fraction of sp³-hybridized carbons (Fsp3) is 0.127. The highest BCUT2D eigenvalue weighted by Gasteiger charge is 2.46. The molecule has 0 fully saturated rings. The van der Waals surface area contributed by atoms with Gasteiger partial charge in [0.15, 0.2) is 0 Å². The molecule has 0 atom stereocenters. The fourth-order valence-electron chi connectivity index (χ4n) is 10.9. The summed E-state index contributed by atoms with van der Waals surface area (Å²) in [5, 5.41) is 6.64. The van der Waals surface area contributed by atoms with Gasteiger partial charge >= 0.3 is 6.85 Å². The van der Waals surface area contributed by atoms with Gasteiger partial charge in [0.1, 0.15) is 0 Å². The lowest BCUT2D eigenvalue weighted by Crippen LogP contribution is -2.57. The Morgan fingerprint density at radius 3 is 2.18 bits per heavy atom. The number of hydrogen-bond donors (Lipinski definition) is 0. The fourth-order valence-corrected chi connectivity index (χ4v) is 13.6. The summed E-state index contributed by atoms with van der Waals surface area (Å²) in [4.78, 5) is 6.71. The van der Waals surface area contributed by atoms with Crippen LogP contribution < -0.4 is 15.8 Å². The lowest BCUT2D eigenvalue weighted by molar-refractivity contribution is 0.590. The molecule has 5 heterocycles. The van der Waals surface area contributed by atoms with E-state index in [1.54, 1.807) is 0 Å². The molecule has 0 unspecified atom stereocenters. The van der Waals surface area contributed by atoms with Crippen LogP contribution in [0.25, 0.3) is 64.2 Å². The molecule has 3 aliphatic heterocycles. The van der Waals surface area contributed by atoms with Crippen LogP contribution in [0.5, 0.6) is 0 Å². The monoisotopic (exact) mass is 804 g/mol. The van der Waals surface area contributed by atoms with E-state index < -0.39 is 0 Å². The second-order valence-electron chi connectivity index (χ2n) is 18.5. The second-order valence-corrected chi connectivity index (χ2v) is 20.6. The van der Waals surface area contributed by atoms with Gasteiger partial charge in [0.25, 0.3) is 0 Å². The predicted octanol–water partition coefficient (Wildman–Crippen LogP) is 14.3. The molecule has 0 amide bonds. The van der Waals surface area contributed by atoms with Crippen LogP contribution in [0.3, 0.4) is 0 Å². The molecule has 0 radical (unpaired) electrons. The van der Waals surface area contributed by atoms with E-state index in [-0.39, 0.29) is 17.7 Å². The molecule has 0 N–H and O–H groups in total. The molecule has 2 nitrogen and oxygen atoms in total. The van der Waals surface area contributed by atoms with Gasteiger partial charge < -0.3 is 9.38 Å². The van der Waals surface area contributed by atoms with Gasteiger partial charge in [-0.2, -0.15) is 0 Å². The van der Waals surface area contributed by atoms with E-state index in [0.717, 1.165) is 0 Å². The Morgan fingerprint density at radius 2 is 1.33 bits per heavy atom. The van der Waals surface area contributed by atoms with E-state index in [9.17, 15) is 0 Å². The van der Waals surface area contributed by atoms with Crippen LogP contribution in [0.15, 0.2) is 168 Å². The minimum absolute atomic E-state index is 0.0120. The van der Waals surface area contributed by atoms with Crippen molar-refractivity contribution in [1.29, 1.82) is 0 Å². The summed E-state index contributed by atoms with van der Waals surface area (Å²) in [7, 11) is 0. The highest BCUT2D eigenvalue weighted by Crippen LogP contribution is 2.55. The van der Waals surface area contributed by atoms with Crippen LogP contribution in [-0.4, -0.2) is 11.3 Å². The van der Waals surface area contributed by atoms with Gasteiger partial charge in [-0.25, -0.2) is 0 Å². The van der Waals surface area contributed by atoms with Gasteiger partial charge in [-0.1, -0.05) is 162 Å². The SMILES string of the molecule is CC(C)(C)c1ccc(N2c3cc4c(cc3B3c5c2cc2ccccc2c5-c2cccc5c6c7ccccc7sc6n3c25)Sc2ccccc2C4(C)C)c(-c2ccccc2)c1. The predicted molar refractivity (Wildman–Crippen MR) is 260 cm³/mol. The van der Waals surface area contributed by atoms with E-state index >= 15 is 0 Å². The van der Waals surface area contributed by atoms with Crippen LogP contribution in [0.2, 0.25) is 0 Å². The van der Waals surface area contributed by atoms with Crippen molar-refractivity contribution < 1.29 is 0 Å². The highest BCUT2D eigenvalue weighted by atomic mass is 32.2. The Kier molecular flexibility index (Phi) is 7.00. The van der Waals surface area contributed by atoms with Gasteiger partial charge in [-0.3, -0.25) is 0 Å². The van der Waals surface area contributed by atoms with Crippen molar-refractivity contribution in [2.75, 3.05) is 4.90 Å². The third kappa shape index (κ3) is 4.57. The molecule has 60 heavy (non-hydrogen) atoms. The number of para-hydroxylation sites is 1. The Balaban J connectivity index is 1.22. The smallest absolute Gasteiger partial charge is 0.333 e. The Bertz CT molecular complexity index is 3490. The second kappa shape index (κ2) is 12.1. The number of aromatic nitrogens is 1. The summed E-state index contributed by atoms with van der Waals surface area (Å²) in [5.41, 5.74) is 16.9. The topological polar surface area (TPSA) is 8.17 Å². The van der Waals surface area contributed by atoms with Crippen LogP contribution in [0.1, 0.15) is 51.3 Å². The van der Waals surface area contributed by atoms with Crippen molar-refractivity contribution in [2.45, 2.75) is 55.2 Å². The Morgan fingerprint density at radius 1 is 0.583 bits per heavy atom. The molecular weight excluding hydrogens is 764 g/mol. The summed E-state index contributed by atoms with van der Waals surface area (Å²) in [6.45, 7) is 11.8. The molecule has 0 spiro atoms. The third-order valence-corrected chi connectivity index (χ3v) is 16.1. The van der Waals surface area contributed by atoms with Crippen molar-refractivity contribution >= 4 is 99.9 Å². The van der Waals surface area contributed by atoms with Crippen molar-refractivity contribution in [2.24, 2.45) is 0 Å². The summed E-state index contributed by atoms with van der Waals surface area (Å²) in [6, 6.07) is 60.2. The molecule has 0 saturated heterocycles. The van der Waals surface area contributed by atoms with Crippen molar-refractivity contribution in [1.82, 2.24) is 4.48 Å². The number of thiophene rings is 1. The molecular formula is C55H41BN2S2. The largest absolute Gasteiger partial charge is 0.367 e. The minimum atomic E-state index is -0.191.